The number of nitrogens with one attached hydrogen (secondary N) is 3. The smallest absolute Gasteiger partial charge is 0.319 e. The van der Waals surface area contributed by atoms with Crippen molar-refractivity contribution in [2.45, 2.75) is 32.4 Å². The molecule has 0 aromatic heterocycles. The van der Waals surface area contributed by atoms with Gasteiger partial charge in [0, 0.05) is 23.8 Å². The number of hydrogen-bond donors (Lipinski definition) is 3. The Balaban J connectivity index is 2.59. The Morgan fingerprint density at radius 2 is 2.00 bits per heavy atom. The summed E-state index contributed by atoms with van der Waals surface area (Å²) in [6.45, 7) is 6.84. The largest absolute Gasteiger partial charge is 0.336 e. The van der Waals surface area contributed by atoms with Gasteiger partial charge >= 0.3 is 6.03 Å². The standard InChI is InChI=1S/C16H28N4O/c1-12(17-4)13-8-7-9-14(10-13)19-15(21)18-11-16(2,3)20(5)6/h7-10,12,17H,11H2,1-6H3,(H2,18,19,21). The topological polar surface area (TPSA) is 56.4 Å². The molecule has 0 saturated heterocycles. The summed E-state index contributed by atoms with van der Waals surface area (Å²) >= 11 is 0. The molecule has 2 amide bonds. The fourth-order valence-corrected chi connectivity index (χ4v) is 1.68. The summed E-state index contributed by atoms with van der Waals surface area (Å²) in [6.07, 6.45) is 0. The van der Waals surface area contributed by atoms with E-state index in [-0.39, 0.29) is 17.6 Å². The average molecular weight is 292 g/mol. The van der Waals surface area contributed by atoms with Crippen LogP contribution in [0.15, 0.2) is 24.3 Å². The second-order valence-electron chi connectivity index (χ2n) is 6.15. The van der Waals surface area contributed by atoms with E-state index in [1.54, 1.807) is 0 Å². The van der Waals surface area contributed by atoms with Crippen molar-refractivity contribution in [2.75, 3.05) is 33.0 Å². The monoisotopic (exact) mass is 292 g/mol. The maximum Gasteiger partial charge on any atom is 0.319 e. The molecule has 5 nitrogen and oxygen atoms in total. The first-order chi connectivity index (χ1) is 9.76. The molecule has 0 spiro atoms. The van der Waals surface area contributed by atoms with Gasteiger partial charge in [-0.05, 0) is 59.6 Å². The number of likely N-dealkylation sites (N-methyl/N-ethyl adjacent to an activating group) is 1. The predicted molar refractivity (Wildman–Crippen MR) is 88.7 cm³/mol. The van der Waals surface area contributed by atoms with E-state index >= 15 is 0 Å². The highest BCUT2D eigenvalue weighted by Gasteiger charge is 2.21. The van der Waals surface area contributed by atoms with Crippen LogP contribution >= 0.6 is 0 Å². The van der Waals surface area contributed by atoms with E-state index in [4.69, 9.17) is 0 Å². The Hall–Kier alpha value is -1.59. The highest BCUT2D eigenvalue weighted by molar-refractivity contribution is 5.89. The van der Waals surface area contributed by atoms with Crippen molar-refractivity contribution in [1.29, 1.82) is 0 Å². The molecule has 5 heteroatoms. The third-order valence-electron chi connectivity index (χ3n) is 3.97. The molecule has 1 aromatic carbocycles. The van der Waals surface area contributed by atoms with Crippen LogP contribution in [0, 0.1) is 0 Å². The Labute approximate surface area is 128 Å². The van der Waals surface area contributed by atoms with E-state index in [9.17, 15) is 4.79 Å². The van der Waals surface area contributed by atoms with Gasteiger partial charge in [-0.1, -0.05) is 12.1 Å². The van der Waals surface area contributed by atoms with Crippen molar-refractivity contribution in [3.63, 3.8) is 0 Å². The molecule has 0 aliphatic carbocycles. The molecule has 0 aliphatic heterocycles. The number of carbonyl (C=O) groups is 1. The Morgan fingerprint density at radius 3 is 2.57 bits per heavy atom. The van der Waals surface area contributed by atoms with Gasteiger partial charge in [0.25, 0.3) is 0 Å². The van der Waals surface area contributed by atoms with Crippen LogP contribution in [0.3, 0.4) is 0 Å². The SMILES string of the molecule is CNC(C)c1cccc(NC(=O)NCC(C)(C)N(C)C)c1. The number of urea groups is 1. The van der Waals surface area contributed by atoms with Gasteiger partial charge in [0.2, 0.25) is 0 Å². The second-order valence-corrected chi connectivity index (χ2v) is 6.15. The van der Waals surface area contributed by atoms with Crippen LogP contribution in [0.25, 0.3) is 0 Å². The third-order valence-corrected chi connectivity index (χ3v) is 3.97. The van der Waals surface area contributed by atoms with Gasteiger partial charge in [-0.25, -0.2) is 4.79 Å². The summed E-state index contributed by atoms with van der Waals surface area (Å²) in [5.74, 6) is 0. The van der Waals surface area contributed by atoms with Crippen molar-refractivity contribution in [2.24, 2.45) is 0 Å². The van der Waals surface area contributed by atoms with Crippen molar-refractivity contribution in [1.82, 2.24) is 15.5 Å². The van der Waals surface area contributed by atoms with Crippen LogP contribution in [-0.4, -0.2) is 44.2 Å². The van der Waals surface area contributed by atoms with Crippen molar-refractivity contribution in [3.8, 4) is 0 Å². The molecule has 0 aliphatic rings. The molecule has 1 aromatic rings. The minimum atomic E-state index is -0.181. The first-order valence-electron chi connectivity index (χ1n) is 7.26. The van der Waals surface area contributed by atoms with Crippen molar-refractivity contribution < 1.29 is 4.79 Å². The van der Waals surface area contributed by atoms with Gasteiger partial charge in [-0.15, -0.1) is 0 Å². The summed E-state index contributed by atoms with van der Waals surface area (Å²) in [5, 5.41) is 8.97. The van der Waals surface area contributed by atoms with Crippen molar-refractivity contribution in [3.05, 3.63) is 29.8 Å². The van der Waals surface area contributed by atoms with Gasteiger partial charge in [0.1, 0.15) is 0 Å². The van der Waals surface area contributed by atoms with E-state index in [1.807, 2.05) is 45.4 Å². The molecular weight excluding hydrogens is 264 g/mol. The van der Waals surface area contributed by atoms with Gasteiger partial charge in [-0.3, -0.25) is 0 Å². The number of carbonyl (C=O) groups excluding carboxylic acids is 1. The average Bonchev–Trinajstić information content (AvgIpc) is 2.44. The molecule has 0 bridgehead atoms. The van der Waals surface area contributed by atoms with Crippen LogP contribution in [0.4, 0.5) is 10.5 Å². The molecule has 1 atom stereocenters. The molecule has 0 fully saturated rings. The molecule has 1 rings (SSSR count). The van der Waals surface area contributed by atoms with Crippen molar-refractivity contribution >= 4 is 11.7 Å². The molecule has 0 saturated carbocycles. The summed E-state index contributed by atoms with van der Waals surface area (Å²) in [6, 6.07) is 7.93. The van der Waals surface area contributed by atoms with E-state index in [1.165, 1.54) is 0 Å². The maximum absolute atomic E-state index is 12.0. The lowest BCUT2D eigenvalue weighted by Gasteiger charge is -2.32. The van der Waals surface area contributed by atoms with E-state index in [2.05, 4.69) is 41.6 Å². The number of benzene rings is 1. The minimum Gasteiger partial charge on any atom is -0.336 e. The van der Waals surface area contributed by atoms with Crippen LogP contribution in [0.5, 0.6) is 0 Å². The van der Waals surface area contributed by atoms with E-state index in [0.29, 0.717) is 6.54 Å². The Kier molecular flexibility index (Phi) is 6.18. The van der Waals surface area contributed by atoms with Gasteiger partial charge in [0.15, 0.2) is 0 Å². The lowest BCUT2D eigenvalue weighted by molar-refractivity contribution is 0.189. The third kappa shape index (κ3) is 5.36. The number of nitrogens with zero attached hydrogens (tertiary/aromatic N) is 1. The number of anilines is 1. The van der Waals surface area contributed by atoms with E-state index < -0.39 is 0 Å². The fraction of sp³-hybridized carbons (Fsp3) is 0.562. The Morgan fingerprint density at radius 1 is 1.33 bits per heavy atom. The number of hydrogen-bond acceptors (Lipinski definition) is 3. The lowest BCUT2D eigenvalue weighted by atomic mass is 10.0. The van der Waals surface area contributed by atoms with Crippen LogP contribution in [0.1, 0.15) is 32.4 Å². The summed E-state index contributed by atoms with van der Waals surface area (Å²) < 4.78 is 0. The molecule has 21 heavy (non-hydrogen) atoms. The quantitative estimate of drug-likeness (QED) is 0.755. The molecule has 0 radical (unpaired) electrons. The number of amides is 2. The zero-order valence-electron chi connectivity index (χ0n) is 13.9. The molecule has 1 unspecified atom stereocenters. The summed E-state index contributed by atoms with van der Waals surface area (Å²) in [4.78, 5) is 14.1. The van der Waals surface area contributed by atoms with Crippen LogP contribution in [-0.2, 0) is 0 Å². The molecule has 3 N–H and O–H groups in total. The maximum atomic E-state index is 12.0. The normalized spacial score (nSPS) is 13.1. The van der Waals surface area contributed by atoms with Gasteiger partial charge in [-0.2, -0.15) is 0 Å². The predicted octanol–water partition coefficient (Wildman–Crippen LogP) is 2.43. The lowest BCUT2D eigenvalue weighted by Crippen LogP contribution is -2.49. The molecular formula is C16H28N4O. The molecule has 0 heterocycles. The zero-order chi connectivity index (χ0) is 16.0. The first-order valence-corrected chi connectivity index (χ1v) is 7.26. The zero-order valence-corrected chi connectivity index (χ0v) is 13.9. The minimum absolute atomic E-state index is 0.0835. The first kappa shape index (κ1) is 17.5. The fourth-order valence-electron chi connectivity index (χ4n) is 1.68. The number of rotatable bonds is 6. The summed E-state index contributed by atoms with van der Waals surface area (Å²) in [5.41, 5.74) is 1.86. The van der Waals surface area contributed by atoms with E-state index in [0.717, 1.165) is 11.3 Å². The Bertz CT molecular complexity index is 471. The molecule has 118 valence electrons. The highest BCUT2D eigenvalue weighted by Crippen LogP contribution is 2.17. The van der Waals surface area contributed by atoms with Crippen LogP contribution in [0.2, 0.25) is 0 Å². The van der Waals surface area contributed by atoms with Gasteiger partial charge < -0.3 is 20.9 Å². The summed E-state index contributed by atoms with van der Waals surface area (Å²) in [7, 11) is 5.92. The van der Waals surface area contributed by atoms with Gasteiger partial charge in [0.05, 0.1) is 0 Å². The highest BCUT2D eigenvalue weighted by atomic mass is 16.2. The second kappa shape index (κ2) is 7.43. The van der Waals surface area contributed by atoms with Crippen LogP contribution < -0.4 is 16.0 Å².